The molecule has 2 aliphatic rings. The van der Waals surface area contributed by atoms with E-state index in [0.717, 1.165) is 80.4 Å². The van der Waals surface area contributed by atoms with Crippen LogP contribution < -0.4 is 0 Å². The highest BCUT2D eigenvalue weighted by Gasteiger charge is 2.26. The van der Waals surface area contributed by atoms with Gasteiger partial charge in [0, 0.05) is 82.7 Å². The topological polar surface area (TPSA) is 72.8 Å². The summed E-state index contributed by atoms with van der Waals surface area (Å²) in [5.41, 5.74) is 10.6. The average molecular weight is 548 g/mol. The second kappa shape index (κ2) is 10.7. The third-order valence-corrected chi connectivity index (χ3v) is 8.55. The van der Waals surface area contributed by atoms with Crippen molar-refractivity contribution >= 4 is 0 Å². The van der Waals surface area contributed by atoms with E-state index in [1.165, 1.54) is 27.9 Å². The van der Waals surface area contributed by atoms with E-state index in [-0.39, 0.29) is 0 Å². The molecule has 9 heteroatoms. The van der Waals surface area contributed by atoms with Crippen LogP contribution in [0.15, 0.2) is 61.3 Å². The van der Waals surface area contributed by atoms with Crippen molar-refractivity contribution in [2.45, 2.75) is 25.8 Å². The number of benzene rings is 1. The van der Waals surface area contributed by atoms with E-state index in [9.17, 15) is 0 Å². The molecule has 9 nitrogen and oxygen atoms in total. The van der Waals surface area contributed by atoms with Gasteiger partial charge in [-0.3, -0.25) is 14.3 Å². The number of aromatic nitrogens is 7. The van der Waals surface area contributed by atoms with Crippen molar-refractivity contribution in [2.75, 3.05) is 39.8 Å². The Labute approximate surface area is 241 Å². The van der Waals surface area contributed by atoms with Gasteiger partial charge in [0.05, 0.1) is 36.2 Å². The van der Waals surface area contributed by atoms with Crippen molar-refractivity contribution in [3.63, 3.8) is 0 Å². The Bertz CT molecular complexity index is 1670. The summed E-state index contributed by atoms with van der Waals surface area (Å²) in [7, 11) is 6.28. The lowest BCUT2D eigenvalue weighted by Gasteiger charge is -2.32. The number of rotatable bonds is 7. The molecule has 5 heterocycles. The fourth-order valence-corrected chi connectivity index (χ4v) is 6.18. The highest BCUT2D eigenvalue weighted by Crippen LogP contribution is 2.41. The number of piperazine rings is 1. The van der Waals surface area contributed by atoms with Crippen molar-refractivity contribution in [2.24, 2.45) is 14.1 Å². The molecule has 0 N–H and O–H groups in total. The summed E-state index contributed by atoms with van der Waals surface area (Å²) in [6, 6.07) is 10.9. The molecule has 1 aromatic carbocycles. The Morgan fingerprint density at radius 2 is 1.56 bits per heavy atom. The van der Waals surface area contributed by atoms with Crippen LogP contribution in [0, 0.1) is 0 Å². The van der Waals surface area contributed by atoms with Gasteiger partial charge >= 0.3 is 0 Å². The molecule has 0 amide bonds. The lowest BCUT2D eigenvalue weighted by atomic mass is 9.89. The Morgan fingerprint density at radius 1 is 0.780 bits per heavy atom. The van der Waals surface area contributed by atoms with Crippen molar-refractivity contribution < 1.29 is 0 Å². The Hall–Kier alpha value is -4.08. The van der Waals surface area contributed by atoms with E-state index >= 15 is 0 Å². The number of fused-ring (bicyclic) bond motifs is 3. The van der Waals surface area contributed by atoms with Gasteiger partial charge in [0.15, 0.2) is 0 Å². The molecule has 0 radical (unpaired) electrons. The summed E-state index contributed by atoms with van der Waals surface area (Å²) < 4.78 is 6.15. The van der Waals surface area contributed by atoms with Gasteiger partial charge in [-0.05, 0) is 48.2 Å². The predicted molar refractivity (Wildman–Crippen MR) is 160 cm³/mol. The first kappa shape index (κ1) is 25.9. The molecule has 41 heavy (non-hydrogen) atoms. The number of likely N-dealkylation sites (N-methyl/N-ethyl adjacent to an activating group) is 1. The van der Waals surface area contributed by atoms with Gasteiger partial charge in [-0.1, -0.05) is 24.3 Å². The standard InChI is InChI=1S/C32H37N9/c1-37-12-14-40(15-13-37)16-17-41-11-10-28(36-41)18-29-33-19-25-8-9-26-21-38(2)32(30(26)31(25)35-29)24-6-4-23(5-7-24)27-20-34-39(3)22-27/h4-7,10-11,19-22H,8-9,12-18H2,1-3H3. The summed E-state index contributed by atoms with van der Waals surface area (Å²) in [4.78, 5) is 14.8. The third-order valence-electron chi connectivity index (χ3n) is 8.55. The lowest BCUT2D eigenvalue weighted by molar-refractivity contribution is 0.148. The van der Waals surface area contributed by atoms with Crippen LogP contribution in [-0.4, -0.2) is 83.7 Å². The van der Waals surface area contributed by atoms with Crippen LogP contribution >= 0.6 is 0 Å². The molecule has 1 aliphatic heterocycles. The molecular formula is C32H37N9. The predicted octanol–water partition coefficient (Wildman–Crippen LogP) is 3.68. The minimum absolute atomic E-state index is 0.631. The second-order valence-corrected chi connectivity index (χ2v) is 11.5. The smallest absolute Gasteiger partial charge is 0.134 e. The molecule has 0 atom stereocenters. The first-order valence-electron chi connectivity index (χ1n) is 14.6. The van der Waals surface area contributed by atoms with Crippen molar-refractivity contribution in [1.29, 1.82) is 0 Å². The molecule has 1 fully saturated rings. The Morgan fingerprint density at radius 3 is 2.34 bits per heavy atom. The van der Waals surface area contributed by atoms with Gasteiger partial charge in [0.25, 0.3) is 0 Å². The van der Waals surface area contributed by atoms with Crippen LogP contribution in [0.3, 0.4) is 0 Å². The fraction of sp³-hybridized carbons (Fsp3) is 0.375. The zero-order chi connectivity index (χ0) is 27.9. The summed E-state index contributed by atoms with van der Waals surface area (Å²) >= 11 is 0. The summed E-state index contributed by atoms with van der Waals surface area (Å²) in [5, 5.41) is 9.18. The van der Waals surface area contributed by atoms with E-state index in [4.69, 9.17) is 15.1 Å². The maximum absolute atomic E-state index is 5.16. The molecule has 7 rings (SSSR count). The highest BCUT2D eigenvalue weighted by molar-refractivity contribution is 5.86. The number of aryl methyl sites for hydroxylation is 4. The first-order chi connectivity index (χ1) is 20.0. The second-order valence-electron chi connectivity index (χ2n) is 11.5. The maximum atomic E-state index is 5.16. The van der Waals surface area contributed by atoms with Crippen LogP contribution in [0.25, 0.3) is 33.6 Å². The Balaban J connectivity index is 1.12. The van der Waals surface area contributed by atoms with E-state index < -0.39 is 0 Å². The highest BCUT2D eigenvalue weighted by atomic mass is 15.3. The summed E-state index contributed by atoms with van der Waals surface area (Å²) in [6.07, 6.45) is 12.9. The summed E-state index contributed by atoms with van der Waals surface area (Å²) in [5.74, 6) is 0.822. The number of nitrogens with zero attached hydrogens (tertiary/aromatic N) is 9. The fourth-order valence-electron chi connectivity index (χ4n) is 6.18. The lowest BCUT2D eigenvalue weighted by Crippen LogP contribution is -2.45. The minimum Gasteiger partial charge on any atom is -0.350 e. The third kappa shape index (κ3) is 5.23. The van der Waals surface area contributed by atoms with Crippen LogP contribution in [0.4, 0.5) is 0 Å². The van der Waals surface area contributed by atoms with Gasteiger partial charge < -0.3 is 9.47 Å². The molecular weight excluding hydrogens is 510 g/mol. The number of hydrogen-bond donors (Lipinski definition) is 0. The monoisotopic (exact) mass is 547 g/mol. The first-order valence-corrected chi connectivity index (χ1v) is 14.6. The van der Waals surface area contributed by atoms with Crippen molar-refractivity contribution in [3.8, 4) is 33.6 Å². The van der Waals surface area contributed by atoms with Crippen molar-refractivity contribution in [1.82, 2.24) is 43.9 Å². The molecule has 0 unspecified atom stereocenters. The van der Waals surface area contributed by atoms with Gasteiger partial charge in [0.1, 0.15) is 5.82 Å². The zero-order valence-electron chi connectivity index (χ0n) is 24.2. The molecule has 1 saturated heterocycles. The van der Waals surface area contributed by atoms with Crippen LogP contribution in [0.1, 0.15) is 22.6 Å². The zero-order valence-corrected chi connectivity index (χ0v) is 24.2. The van der Waals surface area contributed by atoms with E-state index in [0.29, 0.717) is 6.42 Å². The van der Waals surface area contributed by atoms with E-state index in [2.05, 4.69) is 81.0 Å². The summed E-state index contributed by atoms with van der Waals surface area (Å²) in [6.45, 7) is 6.48. The minimum atomic E-state index is 0.631. The molecule has 4 aromatic heterocycles. The van der Waals surface area contributed by atoms with Gasteiger partial charge in [-0.2, -0.15) is 10.2 Å². The Kier molecular flexibility index (Phi) is 6.76. The van der Waals surface area contributed by atoms with E-state index in [1.54, 1.807) is 0 Å². The van der Waals surface area contributed by atoms with Crippen LogP contribution in [0.2, 0.25) is 0 Å². The van der Waals surface area contributed by atoms with Crippen LogP contribution in [-0.2, 0) is 39.9 Å². The average Bonchev–Trinajstić information content (AvgIpc) is 3.71. The van der Waals surface area contributed by atoms with Gasteiger partial charge in [0.2, 0.25) is 0 Å². The molecule has 0 saturated carbocycles. The SMILES string of the molecule is CN1CCN(CCn2ccc(Cc3ncc4c(n3)-c3c(cn(C)c3-c3ccc(-c5cnn(C)c5)cc3)CC4)n2)CC1. The largest absolute Gasteiger partial charge is 0.350 e. The van der Waals surface area contributed by atoms with E-state index in [1.807, 2.05) is 30.3 Å². The van der Waals surface area contributed by atoms with Crippen LogP contribution in [0.5, 0.6) is 0 Å². The van der Waals surface area contributed by atoms with Gasteiger partial charge in [-0.15, -0.1) is 0 Å². The molecule has 210 valence electrons. The quantitative estimate of drug-likeness (QED) is 0.310. The number of hydrogen-bond acceptors (Lipinski definition) is 6. The van der Waals surface area contributed by atoms with Gasteiger partial charge in [-0.25, -0.2) is 9.97 Å². The molecule has 0 bridgehead atoms. The van der Waals surface area contributed by atoms with Crippen molar-refractivity contribution in [3.05, 3.63) is 84.0 Å². The molecule has 1 aliphatic carbocycles. The molecule has 0 spiro atoms. The maximum Gasteiger partial charge on any atom is 0.134 e. The normalized spacial score (nSPS) is 15.7. The molecule has 5 aromatic rings.